The quantitative estimate of drug-likeness (QED) is 0.828. The van der Waals surface area contributed by atoms with Crippen molar-refractivity contribution in [3.05, 3.63) is 23.2 Å². The summed E-state index contributed by atoms with van der Waals surface area (Å²) in [5.41, 5.74) is 0. The Morgan fingerprint density at radius 3 is 2.61 bits per heavy atom. The van der Waals surface area contributed by atoms with Gasteiger partial charge in [0, 0.05) is 12.6 Å². The van der Waals surface area contributed by atoms with Crippen molar-refractivity contribution in [2.75, 3.05) is 20.7 Å². The molecule has 1 aromatic rings. The first-order valence-corrected chi connectivity index (χ1v) is 7.27. The third-order valence-corrected chi connectivity index (χ3v) is 4.22. The van der Waals surface area contributed by atoms with E-state index in [1.54, 1.807) is 7.05 Å². The van der Waals surface area contributed by atoms with E-state index in [0.717, 1.165) is 0 Å². The van der Waals surface area contributed by atoms with E-state index in [-0.39, 0.29) is 16.0 Å². The Hall–Kier alpha value is -0.820. The minimum Gasteiger partial charge on any atom is -0.495 e. The second-order valence-electron chi connectivity index (χ2n) is 3.84. The summed E-state index contributed by atoms with van der Waals surface area (Å²) < 4.78 is 31.4. The van der Waals surface area contributed by atoms with Crippen LogP contribution in [0.25, 0.3) is 0 Å². The SMILES string of the molecule is CNC(C)CNS(=O)(=O)c1ccc(OC)c(Cl)c1. The topological polar surface area (TPSA) is 67.4 Å². The van der Waals surface area contributed by atoms with Crippen molar-refractivity contribution < 1.29 is 13.2 Å². The normalized spacial score (nSPS) is 13.3. The van der Waals surface area contributed by atoms with Crippen molar-refractivity contribution in [2.24, 2.45) is 0 Å². The average molecular weight is 293 g/mol. The van der Waals surface area contributed by atoms with Crippen molar-refractivity contribution in [1.29, 1.82) is 0 Å². The molecule has 0 spiro atoms. The Labute approximate surface area is 113 Å². The number of nitrogens with one attached hydrogen (secondary N) is 2. The molecular formula is C11H17ClN2O3S. The summed E-state index contributed by atoms with van der Waals surface area (Å²) in [5, 5.41) is 3.21. The third kappa shape index (κ3) is 3.84. The maximum absolute atomic E-state index is 12.0. The lowest BCUT2D eigenvalue weighted by Gasteiger charge is -2.12. The number of hydrogen-bond acceptors (Lipinski definition) is 4. The predicted octanol–water partition coefficient (Wildman–Crippen LogP) is 1.23. The number of halogens is 1. The van der Waals surface area contributed by atoms with Gasteiger partial charge in [0.15, 0.2) is 0 Å². The average Bonchev–Trinajstić information content (AvgIpc) is 2.35. The highest BCUT2D eigenvalue weighted by Gasteiger charge is 2.16. The molecular weight excluding hydrogens is 276 g/mol. The van der Waals surface area contributed by atoms with Gasteiger partial charge in [-0.2, -0.15) is 0 Å². The van der Waals surface area contributed by atoms with Crippen LogP contribution in [0.2, 0.25) is 5.02 Å². The Balaban J connectivity index is 2.88. The number of rotatable bonds is 6. The first-order valence-electron chi connectivity index (χ1n) is 5.41. The Morgan fingerprint density at radius 1 is 1.44 bits per heavy atom. The second kappa shape index (κ2) is 6.38. The molecule has 1 aromatic carbocycles. The van der Waals surface area contributed by atoms with Crippen LogP contribution in [0, 0.1) is 0 Å². The van der Waals surface area contributed by atoms with Crippen molar-refractivity contribution >= 4 is 21.6 Å². The van der Waals surface area contributed by atoms with E-state index < -0.39 is 10.0 Å². The van der Waals surface area contributed by atoms with Gasteiger partial charge in [0.05, 0.1) is 17.0 Å². The molecule has 7 heteroatoms. The number of methoxy groups -OCH3 is 1. The fourth-order valence-electron chi connectivity index (χ4n) is 1.23. The van der Waals surface area contributed by atoms with E-state index in [4.69, 9.17) is 16.3 Å². The lowest BCUT2D eigenvalue weighted by atomic mass is 10.3. The molecule has 102 valence electrons. The summed E-state index contributed by atoms with van der Waals surface area (Å²) in [7, 11) is -0.301. The predicted molar refractivity (Wildman–Crippen MR) is 71.7 cm³/mol. The van der Waals surface area contributed by atoms with E-state index in [9.17, 15) is 8.42 Å². The second-order valence-corrected chi connectivity index (χ2v) is 6.01. The molecule has 0 aliphatic rings. The maximum Gasteiger partial charge on any atom is 0.240 e. The highest BCUT2D eigenvalue weighted by atomic mass is 35.5. The van der Waals surface area contributed by atoms with E-state index in [2.05, 4.69) is 10.0 Å². The highest BCUT2D eigenvalue weighted by molar-refractivity contribution is 7.89. The summed E-state index contributed by atoms with van der Waals surface area (Å²) in [4.78, 5) is 0.122. The van der Waals surface area contributed by atoms with Gasteiger partial charge in [0.2, 0.25) is 10.0 Å². The van der Waals surface area contributed by atoms with Crippen molar-refractivity contribution in [2.45, 2.75) is 17.9 Å². The van der Waals surface area contributed by atoms with E-state index in [1.165, 1.54) is 25.3 Å². The molecule has 0 bridgehead atoms. The minimum absolute atomic E-state index is 0.0495. The molecule has 0 saturated heterocycles. The Bertz CT molecular complexity index is 505. The van der Waals surface area contributed by atoms with E-state index >= 15 is 0 Å². The fraction of sp³-hybridized carbons (Fsp3) is 0.455. The van der Waals surface area contributed by atoms with Gasteiger partial charge < -0.3 is 10.1 Å². The molecule has 0 radical (unpaired) electrons. The zero-order chi connectivity index (χ0) is 13.8. The van der Waals surface area contributed by atoms with Crippen molar-refractivity contribution in [1.82, 2.24) is 10.0 Å². The van der Waals surface area contributed by atoms with Gasteiger partial charge in [-0.25, -0.2) is 13.1 Å². The summed E-state index contributed by atoms with van der Waals surface area (Å²) in [6.45, 7) is 2.19. The number of likely N-dealkylation sites (N-methyl/N-ethyl adjacent to an activating group) is 1. The van der Waals surface area contributed by atoms with Gasteiger partial charge in [-0.3, -0.25) is 0 Å². The largest absolute Gasteiger partial charge is 0.495 e. The standard InChI is InChI=1S/C11H17ClN2O3S/c1-8(13-2)7-14-18(15,16)9-4-5-11(17-3)10(12)6-9/h4-6,8,13-14H,7H2,1-3H3. The molecule has 0 aromatic heterocycles. The number of benzene rings is 1. The van der Waals surface area contributed by atoms with Crippen LogP contribution in [0.5, 0.6) is 5.75 Å². The van der Waals surface area contributed by atoms with Crippen LogP contribution in [0.15, 0.2) is 23.1 Å². The summed E-state index contributed by atoms with van der Waals surface area (Å²) in [5.74, 6) is 0.444. The summed E-state index contributed by atoms with van der Waals surface area (Å²) in [6.07, 6.45) is 0. The first kappa shape index (κ1) is 15.2. The lowest BCUT2D eigenvalue weighted by Crippen LogP contribution is -2.37. The monoisotopic (exact) mass is 292 g/mol. The van der Waals surface area contributed by atoms with E-state index in [0.29, 0.717) is 12.3 Å². The summed E-state index contributed by atoms with van der Waals surface area (Å²) in [6, 6.07) is 4.40. The van der Waals surface area contributed by atoms with E-state index in [1.807, 2.05) is 6.92 Å². The maximum atomic E-state index is 12.0. The zero-order valence-electron chi connectivity index (χ0n) is 10.5. The van der Waals surface area contributed by atoms with Gasteiger partial charge in [-0.15, -0.1) is 0 Å². The zero-order valence-corrected chi connectivity index (χ0v) is 12.1. The molecule has 1 rings (SSSR count). The van der Waals surface area contributed by atoms with Crippen LogP contribution in [0.4, 0.5) is 0 Å². The third-order valence-electron chi connectivity index (χ3n) is 2.51. The molecule has 5 nitrogen and oxygen atoms in total. The molecule has 18 heavy (non-hydrogen) atoms. The van der Waals surface area contributed by atoms with Gasteiger partial charge >= 0.3 is 0 Å². The molecule has 0 saturated carbocycles. The van der Waals surface area contributed by atoms with Crippen LogP contribution in [0.1, 0.15) is 6.92 Å². The highest BCUT2D eigenvalue weighted by Crippen LogP contribution is 2.26. The van der Waals surface area contributed by atoms with Gasteiger partial charge in [0.25, 0.3) is 0 Å². The van der Waals surface area contributed by atoms with Crippen molar-refractivity contribution in [3.63, 3.8) is 0 Å². The molecule has 0 aliphatic carbocycles. The smallest absolute Gasteiger partial charge is 0.240 e. The van der Waals surface area contributed by atoms with Gasteiger partial charge in [-0.05, 0) is 32.2 Å². The number of hydrogen-bond donors (Lipinski definition) is 2. The van der Waals surface area contributed by atoms with Crippen LogP contribution in [-0.4, -0.2) is 35.2 Å². The minimum atomic E-state index is -3.54. The lowest BCUT2D eigenvalue weighted by molar-refractivity contribution is 0.414. The van der Waals surface area contributed by atoms with Crippen LogP contribution in [0.3, 0.4) is 0 Å². The molecule has 0 aliphatic heterocycles. The van der Waals surface area contributed by atoms with Crippen LogP contribution >= 0.6 is 11.6 Å². The molecule has 0 amide bonds. The molecule has 0 heterocycles. The van der Waals surface area contributed by atoms with Crippen molar-refractivity contribution in [3.8, 4) is 5.75 Å². The molecule has 2 N–H and O–H groups in total. The Morgan fingerprint density at radius 2 is 2.11 bits per heavy atom. The summed E-state index contributed by atoms with van der Waals surface area (Å²) >= 11 is 5.90. The van der Waals surface area contributed by atoms with Gasteiger partial charge in [0.1, 0.15) is 5.75 Å². The van der Waals surface area contributed by atoms with Gasteiger partial charge in [-0.1, -0.05) is 11.6 Å². The molecule has 1 atom stereocenters. The first-order chi connectivity index (χ1) is 8.40. The number of sulfonamides is 1. The van der Waals surface area contributed by atoms with Crippen LogP contribution < -0.4 is 14.8 Å². The Kier molecular flexibility index (Phi) is 5.40. The van der Waals surface area contributed by atoms with Crippen LogP contribution in [-0.2, 0) is 10.0 Å². The molecule has 1 unspecified atom stereocenters. The fourth-order valence-corrected chi connectivity index (χ4v) is 2.71. The number of ether oxygens (including phenoxy) is 1. The molecule has 0 fully saturated rings.